The second-order valence-electron chi connectivity index (χ2n) is 9.35. The lowest BCUT2D eigenvalue weighted by atomic mass is 9.80. The fourth-order valence-corrected chi connectivity index (χ4v) is 5.10. The van der Waals surface area contributed by atoms with Gasteiger partial charge in [-0.15, -0.1) is 0 Å². The molecule has 2 aliphatic rings. The van der Waals surface area contributed by atoms with Crippen molar-refractivity contribution in [2.75, 3.05) is 25.0 Å². The summed E-state index contributed by atoms with van der Waals surface area (Å²) < 4.78 is 0. The fourth-order valence-electron chi connectivity index (χ4n) is 5.10. The zero-order valence-electron chi connectivity index (χ0n) is 20.2. The molecule has 1 aliphatic heterocycles. The third-order valence-corrected chi connectivity index (χ3v) is 6.93. The third-order valence-electron chi connectivity index (χ3n) is 6.93. The quantitative estimate of drug-likeness (QED) is 0.518. The molecule has 184 valence electrons. The van der Waals surface area contributed by atoms with Crippen molar-refractivity contribution in [3.05, 3.63) is 59.9 Å². The highest BCUT2D eigenvalue weighted by molar-refractivity contribution is 5.89. The molecule has 4 rings (SSSR count). The van der Waals surface area contributed by atoms with E-state index in [1.54, 1.807) is 0 Å². The van der Waals surface area contributed by atoms with Gasteiger partial charge in [-0.1, -0.05) is 49.4 Å². The van der Waals surface area contributed by atoms with Crippen LogP contribution in [0.1, 0.15) is 68.5 Å². The van der Waals surface area contributed by atoms with Gasteiger partial charge in [0.2, 0.25) is 5.91 Å². The second kappa shape index (κ2) is 13.1. The molecule has 0 bridgehead atoms. The fraction of sp³-hybridized carbons (Fsp3) is 0.519. The van der Waals surface area contributed by atoms with Crippen LogP contribution in [-0.4, -0.2) is 52.5 Å². The van der Waals surface area contributed by atoms with Gasteiger partial charge in [-0.05, 0) is 69.5 Å². The van der Waals surface area contributed by atoms with Crippen molar-refractivity contribution in [3.63, 3.8) is 0 Å². The molecule has 0 spiro atoms. The molecule has 1 atom stereocenters. The molecule has 1 saturated carbocycles. The van der Waals surface area contributed by atoms with Crippen molar-refractivity contribution in [2.45, 2.75) is 69.9 Å². The van der Waals surface area contributed by atoms with E-state index in [9.17, 15) is 4.79 Å². The van der Waals surface area contributed by atoms with Gasteiger partial charge in [-0.2, -0.15) is 0 Å². The van der Waals surface area contributed by atoms with Gasteiger partial charge in [0.25, 0.3) is 6.47 Å². The number of carbonyl (C=O) groups excluding carboxylic acids is 1. The molecule has 7 heteroatoms. The Kier molecular flexibility index (Phi) is 9.89. The first-order valence-electron chi connectivity index (χ1n) is 12.4. The lowest BCUT2D eigenvalue weighted by Crippen LogP contribution is -2.55. The first-order valence-corrected chi connectivity index (χ1v) is 12.4. The first-order chi connectivity index (χ1) is 16.6. The minimum Gasteiger partial charge on any atom is -0.483 e. The summed E-state index contributed by atoms with van der Waals surface area (Å²) >= 11 is 0. The number of hydrogen-bond acceptors (Lipinski definition) is 5. The Morgan fingerprint density at radius 1 is 1.09 bits per heavy atom. The van der Waals surface area contributed by atoms with Crippen LogP contribution in [0.5, 0.6) is 0 Å². The highest BCUT2D eigenvalue weighted by Gasteiger charge is 2.39. The van der Waals surface area contributed by atoms with Crippen LogP contribution in [0.4, 0.5) is 5.69 Å². The minimum atomic E-state index is -0.519. The molecule has 3 N–H and O–H groups in total. The molecule has 2 aromatic rings. The molecule has 2 heterocycles. The summed E-state index contributed by atoms with van der Waals surface area (Å²) in [6.45, 7) is 4.64. The summed E-state index contributed by atoms with van der Waals surface area (Å²) in [5.74, 6) is 0.138. The van der Waals surface area contributed by atoms with Crippen LogP contribution in [-0.2, 0) is 9.59 Å². The number of carboxylic acid groups (broad SMARTS) is 1. The monoisotopic (exact) mass is 466 g/mol. The summed E-state index contributed by atoms with van der Waals surface area (Å²) in [5.41, 5.74) is 2.93. The van der Waals surface area contributed by atoms with Gasteiger partial charge < -0.3 is 15.7 Å². The lowest BCUT2D eigenvalue weighted by Gasteiger charge is -2.39. The van der Waals surface area contributed by atoms with Crippen LogP contribution >= 0.6 is 0 Å². The van der Waals surface area contributed by atoms with E-state index in [4.69, 9.17) is 9.90 Å². The van der Waals surface area contributed by atoms with E-state index >= 15 is 0 Å². The van der Waals surface area contributed by atoms with Crippen LogP contribution in [0.15, 0.2) is 48.8 Å². The van der Waals surface area contributed by atoms with Crippen LogP contribution in [0.2, 0.25) is 0 Å². The number of likely N-dealkylation sites (tertiary alicyclic amines) is 1. The third kappa shape index (κ3) is 7.03. The van der Waals surface area contributed by atoms with E-state index in [1.165, 1.54) is 36.8 Å². The first kappa shape index (κ1) is 25.7. The van der Waals surface area contributed by atoms with E-state index in [0.29, 0.717) is 6.54 Å². The number of piperidine rings is 1. The standard InChI is InChI=1S/C26H36N4O.CH2O2/c1-21-10-12-23(13-11-21)29-26(14-4-2-5-15-26)25(31)28-20-24(22-9-8-16-27-19-22)30-17-6-3-7-18-30;2-1-3/h8-13,16,19,24,29H,2-7,14-15,17-18,20H2,1H3,(H,28,31);1H,(H,2,3). The van der Waals surface area contributed by atoms with Gasteiger partial charge in [-0.25, -0.2) is 0 Å². The number of aromatic nitrogens is 1. The number of anilines is 1. The highest BCUT2D eigenvalue weighted by Crippen LogP contribution is 2.33. The molecular formula is C27H38N4O3. The van der Waals surface area contributed by atoms with Crippen molar-refractivity contribution in [1.82, 2.24) is 15.2 Å². The Morgan fingerprint density at radius 2 is 1.74 bits per heavy atom. The maximum atomic E-state index is 13.6. The largest absolute Gasteiger partial charge is 0.483 e. The topological polar surface area (TPSA) is 94.6 Å². The molecule has 1 aliphatic carbocycles. The zero-order chi connectivity index (χ0) is 24.2. The number of pyridine rings is 1. The van der Waals surface area contributed by atoms with Gasteiger partial charge in [0.15, 0.2) is 0 Å². The van der Waals surface area contributed by atoms with E-state index < -0.39 is 5.54 Å². The van der Waals surface area contributed by atoms with Gasteiger partial charge >= 0.3 is 0 Å². The molecule has 7 nitrogen and oxygen atoms in total. The number of hydrogen-bond donors (Lipinski definition) is 3. The number of benzene rings is 1. The number of carbonyl (C=O) groups is 2. The van der Waals surface area contributed by atoms with Crippen molar-refractivity contribution in [3.8, 4) is 0 Å². The summed E-state index contributed by atoms with van der Waals surface area (Å²) in [4.78, 5) is 28.8. The van der Waals surface area contributed by atoms with E-state index in [-0.39, 0.29) is 18.4 Å². The molecule has 1 aromatic carbocycles. The summed E-state index contributed by atoms with van der Waals surface area (Å²) in [6.07, 6.45) is 12.7. The number of amides is 1. The lowest BCUT2D eigenvalue weighted by molar-refractivity contribution is -0.127. The van der Waals surface area contributed by atoms with Crippen molar-refractivity contribution in [1.29, 1.82) is 0 Å². The molecular weight excluding hydrogens is 428 g/mol. The Morgan fingerprint density at radius 3 is 2.35 bits per heavy atom. The molecule has 1 unspecified atom stereocenters. The normalized spacial score (nSPS) is 18.6. The molecule has 34 heavy (non-hydrogen) atoms. The highest BCUT2D eigenvalue weighted by atomic mass is 16.3. The van der Waals surface area contributed by atoms with Crippen molar-refractivity contribution < 1.29 is 14.7 Å². The van der Waals surface area contributed by atoms with Crippen LogP contribution in [0.25, 0.3) is 0 Å². The van der Waals surface area contributed by atoms with E-state index in [0.717, 1.165) is 44.5 Å². The minimum absolute atomic E-state index is 0.138. The zero-order valence-corrected chi connectivity index (χ0v) is 20.2. The number of aryl methyl sites for hydroxylation is 1. The summed E-state index contributed by atoms with van der Waals surface area (Å²) in [5, 5.41) is 13.9. The second-order valence-corrected chi connectivity index (χ2v) is 9.35. The summed E-state index contributed by atoms with van der Waals surface area (Å²) in [7, 11) is 0. The van der Waals surface area contributed by atoms with Gasteiger partial charge in [0, 0.05) is 24.6 Å². The van der Waals surface area contributed by atoms with Crippen LogP contribution < -0.4 is 10.6 Å². The molecule has 0 radical (unpaired) electrons. The van der Waals surface area contributed by atoms with Crippen molar-refractivity contribution in [2.24, 2.45) is 0 Å². The number of nitrogens with one attached hydrogen (secondary N) is 2. The Hall–Kier alpha value is -2.93. The van der Waals surface area contributed by atoms with E-state index in [2.05, 4.69) is 57.8 Å². The predicted octanol–water partition coefficient (Wildman–Crippen LogP) is 4.55. The number of rotatable bonds is 7. The Bertz CT molecular complexity index is 877. The maximum Gasteiger partial charge on any atom is 0.290 e. The SMILES string of the molecule is Cc1ccc(NC2(C(=O)NCC(c3cccnc3)N3CCCCC3)CCCCC2)cc1.O=CO. The number of nitrogens with zero attached hydrogens (tertiary/aromatic N) is 2. The van der Waals surface area contributed by atoms with Gasteiger partial charge in [0.05, 0.1) is 6.04 Å². The molecule has 1 aromatic heterocycles. The maximum absolute atomic E-state index is 13.6. The van der Waals surface area contributed by atoms with Crippen molar-refractivity contribution >= 4 is 18.1 Å². The summed E-state index contributed by atoms with van der Waals surface area (Å²) in [6, 6.07) is 12.7. The van der Waals surface area contributed by atoms with Crippen LogP contribution in [0.3, 0.4) is 0 Å². The molecule has 1 saturated heterocycles. The molecule has 1 amide bonds. The Balaban J connectivity index is 0.00000103. The average molecular weight is 467 g/mol. The smallest absolute Gasteiger partial charge is 0.290 e. The average Bonchev–Trinajstić information content (AvgIpc) is 2.88. The Labute approximate surface area is 203 Å². The molecule has 2 fully saturated rings. The van der Waals surface area contributed by atoms with Crippen LogP contribution in [0, 0.1) is 6.92 Å². The predicted molar refractivity (Wildman–Crippen MR) is 135 cm³/mol. The van der Waals surface area contributed by atoms with Gasteiger partial charge in [-0.3, -0.25) is 19.5 Å². The van der Waals surface area contributed by atoms with E-state index in [1.807, 2.05) is 18.5 Å². The van der Waals surface area contributed by atoms with Gasteiger partial charge in [0.1, 0.15) is 5.54 Å².